The van der Waals surface area contributed by atoms with Crippen LogP contribution in [0, 0.1) is 0 Å². The molecule has 0 saturated heterocycles. The van der Waals surface area contributed by atoms with Crippen molar-refractivity contribution in [2.45, 2.75) is 18.8 Å². The third kappa shape index (κ3) is 4.91. The lowest BCUT2D eigenvalue weighted by Crippen LogP contribution is -2.35. The summed E-state index contributed by atoms with van der Waals surface area (Å²) in [4.78, 5) is 0. The van der Waals surface area contributed by atoms with Crippen LogP contribution < -0.4 is 4.52 Å². The second-order valence-corrected chi connectivity index (χ2v) is 4.70. The molecule has 0 aromatic heterocycles. The Balaban J connectivity index is 2.18. The highest BCUT2D eigenvalue weighted by atomic mass is 31.1. The first kappa shape index (κ1) is 15.4. The average molecular weight is 272 g/mol. The molecular formula is C13H21O4P. The maximum Gasteiger partial charge on any atom is 0.282 e. The van der Waals surface area contributed by atoms with Crippen LogP contribution in [0.4, 0.5) is 0 Å². The molecule has 0 aliphatic heterocycles. The van der Waals surface area contributed by atoms with E-state index in [4.69, 9.17) is 18.7 Å². The fourth-order valence-corrected chi connectivity index (χ4v) is 2.28. The van der Waals surface area contributed by atoms with Crippen LogP contribution in [0.25, 0.3) is 0 Å². The summed E-state index contributed by atoms with van der Waals surface area (Å²) in [6.07, 6.45) is 2.55. The van der Waals surface area contributed by atoms with Gasteiger partial charge in [-0.25, -0.2) is 0 Å². The molecule has 102 valence electrons. The minimum absolute atomic E-state index is 0.433. The second-order valence-electron chi connectivity index (χ2n) is 3.71. The fraction of sp³-hybridized carbons (Fsp3) is 0.538. The first-order chi connectivity index (χ1) is 8.76. The maximum atomic E-state index is 5.63. The minimum atomic E-state index is -0.919. The van der Waals surface area contributed by atoms with Crippen LogP contribution >= 0.6 is 8.81 Å². The monoisotopic (exact) mass is 272 g/mol. The molecule has 5 heteroatoms. The molecule has 1 aromatic rings. The first-order valence-electron chi connectivity index (χ1n) is 5.86. The van der Waals surface area contributed by atoms with Crippen molar-refractivity contribution < 1.29 is 18.7 Å². The Kier molecular flexibility index (Phi) is 7.21. The van der Waals surface area contributed by atoms with Crippen molar-refractivity contribution in [3.8, 4) is 5.75 Å². The first-order valence-corrected chi connectivity index (χ1v) is 6.98. The second kappa shape index (κ2) is 8.44. The number of rotatable bonds is 9. The Morgan fingerprint density at radius 3 is 2.17 bits per heavy atom. The van der Waals surface area contributed by atoms with Gasteiger partial charge in [-0.05, 0) is 18.6 Å². The lowest BCUT2D eigenvalue weighted by molar-refractivity contribution is -0.354. The smallest absolute Gasteiger partial charge is 0.282 e. The summed E-state index contributed by atoms with van der Waals surface area (Å²) in [5.74, 6) is -0.00986. The standard InChI is InChI=1S/C13H21O4P/c1-14-13(15-2,16-3)10-7-11-18-17-12-8-5-4-6-9-12/h4-6,8-9,18H,7,10-11H2,1-3H3. The van der Waals surface area contributed by atoms with E-state index in [0.29, 0.717) is 15.2 Å². The predicted octanol–water partition coefficient (Wildman–Crippen LogP) is 3.03. The summed E-state index contributed by atoms with van der Waals surface area (Å²) < 4.78 is 21.3. The van der Waals surface area contributed by atoms with Crippen molar-refractivity contribution in [3.63, 3.8) is 0 Å². The number of hydrogen-bond donors (Lipinski definition) is 0. The average Bonchev–Trinajstić information content (AvgIpc) is 2.45. The van der Waals surface area contributed by atoms with Crippen molar-refractivity contribution in [2.75, 3.05) is 27.5 Å². The molecule has 4 nitrogen and oxygen atoms in total. The molecule has 0 radical (unpaired) electrons. The van der Waals surface area contributed by atoms with Crippen LogP contribution in [0.15, 0.2) is 30.3 Å². The van der Waals surface area contributed by atoms with E-state index in [-0.39, 0.29) is 0 Å². The van der Waals surface area contributed by atoms with Gasteiger partial charge < -0.3 is 18.7 Å². The van der Waals surface area contributed by atoms with Gasteiger partial charge in [0.25, 0.3) is 5.97 Å². The van der Waals surface area contributed by atoms with Crippen LogP contribution in [0.5, 0.6) is 5.75 Å². The Hall–Kier alpha value is -0.670. The summed E-state index contributed by atoms with van der Waals surface area (Å²) >= 11 is 0. The molecule has 0 aliphatic carbocycles. The van der Waals surface area contributed by atoms with E-state index in [2.05, 4.69) is 0 Å². The highest BCUT2D eigenvalue weighted by Gasteiger charge is 2.28. The molecule has 0 N–H and O–H groups in total. The molecule has 1 atom stereocenters. The maximum absolute atomic E-state index is 5.63. The van der Waals surface area contributed by atoms with Gasteiger partial charge in [-0.15, -0.1) is 0 Å². The molecule has 0 amide bonds. The van der Waals surface area contributed by atoms with Crippen molar-refractivity contribution in [1.29, 1.82) is 0 Å². The Bertz CT molecular complexity index is 306. The molecule has 0 saturated carbocycles. The van der Waals surface area contributed by atoms with Gasteiger partial charge in [0.1, 0.15) is 5.75 Å². The predicted molar refractivity (Wildman–Crippen MR) is 73.2 cm³/mol. The molecule has 1 aromatic carbocycles. The summed E-state index contributed by atoms with van der Waals surface area (Å²) in [5.41, 5.74) is 0. The normalized spacial score (nSPS) is 12.2. The van der Waals surface area contributed by atoms with E-state index in [1.165, 1.54) is 0 Å². The van der Waals surface area contributed by atoms with E-state index < -0.39 is 5.97 Å². The SMILES string of the molecule is COC(CCCPOc1ccccc1)(OC)OC. The Labute approximate surface area is 110 Å². The third-order valence-corrected chi connectivity index (χ3v) is 3.57. The van der Waals surface area contributed by atoms with E-state index in [1.54, 1.807) is 21.3 Å². The summed E-state index contributed by atoms with van der Waals surface area (Å²) in [5, 5.41) is 0. The van der Waals surface area contributed by atoms with Gasteiger partial charge in [-0.3, -0.25) is 0 Å². The van der Waals surface area contributed by atoms with Gasteiger partial charge in [0.05, 0.1) is 8.81 Å². The van der Waals surface area contributed by atoms with E-state index in [1.807, 2.05) is 30.3 Å². The molecule has 1 unspecified atom stereocenters. The molecule has 0 heterocycles. The Morgan fingerprint density at radius 2 is 1.61 bits per heavy atom. The minimum Gasteiger partial charge on any atom is -0.477 e. The van der Waals surface area contributed by atoms with Gasteiger partial charge in [-0.1, -0.05) is 18.2 Å². The lowest BCUT2D eigenvalue weighted by atomic mass is 10.3. The molecule has 1 rings (SSSR count). The van der Waals surface area contributed by atoms with Gasteiger partial charge in [0.2, 0.25) is 0 Å². The van der Waals surface area contributed by atoms with Gasteiger partial charge >= 0.3 is 0 Å². The van der Waals surface area contributed by atoms with Crippen LogP contribution in [0.1, 0.15) is 12.8 Å². The van der Waals surface area contributed by atoms with Crippen LogP contribution in [0.2, 0.25) is 0 Å². The third-order valence-electron chi connectivity index (χ3n) is 2.63. The van der Waals surface area contributed by atoms with Gasteiger partial charge in [-0.2, -0.15) is 0 Å². The van der Waals surface area contributed by atoms with E-state index in [0.717, 1.165) is 18.3 Å². The zero-order chi connectivity index (χ0) is 13.3. The summed E-state index contributed by atoms with van der Waals surface area (Å²) in [6.45, 7) is 0. The number of ether oxygens (including phenoxy) is 3. The molecule has 0 spiro atoms. The largest absolute Gasteiger partial charge is 0.477 e. The fourth-order valence-electron chi connectivity index (χ4n) is 1.56. The zero-order valence-corrected chi connectivity index (χ0v) is 12.1. The van der Waals surface area contributed by atoms with Crippen LogP contribution in [-0.2, 0) is 14.2 Å². The van der Waals surface area contributed by atoms with Crippen molar-refractivity contribution in [3.05, 3.63) is 30.3 Å². The highest BCUT2D eigenvalue weighted by molar-refractivity contribution is 7.32. The van der Waals surface area contributed by atoms with Gasteiger partial charge in [0, 0.05) is 33.9 Å². The number of benzene rings is 1. The molecule has 18 heavy (non-hydrogen) atoms. The zero-order valence-electron chi connectivity index (χ0n) is 11.1. The highest BCUT2D eigenvalue weighted by Crippen LogP contribution is 2.24. The molecule has 0 bridgehead atoms. The number of para-hydroxylation sites is 1. The quantitative estimate of drug-likeness (QED) is 0.393. The van der Waals surface area contributed by atoms with Crippen LogP contribution in [-0.4, -0.2) is 33.5 Å². The van der Waals surface area contributed by atoms with Crippen molar-refractivity contribution in [2.24, 2.45) is 0 Å². The van der Waals surface area contributed by atoms with Crippen molar-refractivity contribution >= 4 is 8.81 Å². The van der Waals surface area contributed by atoms with E-state index in [9.17, 15) is 0 Å². The van der Waals surface area contributed by atoms with Gasteiger partial charge in [0.15, 0.2) is 0 Å². The number of methoxy groups -OCH3 is 3. The topological polar surface area (TPSA) is 36.9 Å². The van der Waals surface area contributed by atoms with Crippen LogP contribution in [0.3, 0.4) is 0 Å². The summed E-state index contributed by atoms with van der Waals surface area (Å²) in [6, 6.07) is 9.81. The molecule has 0 fully saturated rings. The molecule has 0 aliphatic rings. The van der Waals surface area contributed by atoms with E-state index >= 15 is 0 Å². The Morgan fingerprint density at radius 1 is 1.00 bits per heavy atom. The lowest BCUT2D eigenvalue weighted by Gasteiger charge is -2.28. The molecular weight excluding hydrogens is 251 g/mol. The van der Waals surface area contributed by atoms with Crippen molar-refractivity contribution in [1.82, 2.24) is 0 Å². The summed E-state index contributed by atoms with van der Waals surface area (Å²) in [7, 11) is 5.17. The number of hydrogen-bond acceptors (Lipinski definition) is 4.